The second-order valence-electron chi connectivity index (χ2n) is 9.62. The van der Waals surface area contributed by atoms with E-state index in [9.17, 15) is 5.11 Å². The van der Waals surface area contributed by atoms with Gasteiger partial charge in [-0.2, -0.15) is 0 Å². The highest BCUT2D eigenvalue weighted by Crippen LogP contribution is 2.67. The molecule has 0 unspecified atom stereocenters. The molecule has 148 valence electrons. The Morgan fingerprint density at radius 3 is 2.70 bits per heavy atom. The first kappa shape index (κ1) is 19.2. The average Bonchev–Trinajstić information content (AvgIpc) is 3.26. The van der Waals surface area contributed by atoms with E-state index >= 15 is 0 Å². The van der Waals surface area contributed by atoms with Crippen LogP contribution in [0.1, 0.15) is 58.8 Å². The normalized spacial score (nSPS) is 44.3. The SMILES string of the molecule is C[C@]12CCC3(C=C1CC[C@@H]1C2=CC[C@]2(C)/C(=C(/Cl)CO)CC[C@@H]12)SCCS3. The average molecular weight is 423 g/mol. The van der Waals surface area contributed by atoms with Gasteiger partial charge in [0, 0.05) is 22.0 Å². The van der Waals surface area contributed by atoms with Crippen molar-refractivity contribution in [2.45, 2.75) is 62.9 Å². The van der Waals surface area contributed by atoms with Crippen LogP contribution in [-0.2, 0) is 0 Å². The highest BCUT2D eigenvalue weighted by Gasteiger charge is 2.55. The highest BCUT2D eigenvalue weighted by molar-refractivity contribution is 8.21. The van der Waals surface area contributed by atoms with Crippen molar-refractivity contribution in [2.75, 3.05) is 18.1 Å². The standard InChI is InChI=1S/C23H31ClOS2/c1-21-9-10-23(26-11-12-27-23)13-15(21)3-4-16-17-5-6-19(20(24)14-25)22(17,2)8-7-18(16)21/h7,13,16-17,25H,3-6,8-12,14H2,1-2H3/b20-19+/t16-,17-,21-,22-/m0/s1. The summed E-state index contributed by atoms with van der Waals surface area (Å²) in [6, 6.07) is 0. The first-order valence-corrected chi connectivity index (χ1v) is 13.0. The van der Waals surface area contributed by atoms with Crippen LogP contribution in [0.15, 0.2) is 33.9 Å². The molecule has 0 bridgehead atoms. The summed E-state index contributed by atoms with van der Waals surface area (Å²) in [5, 5.41) is 10.3. The maximum absolute atomic E-state index is 9.61. The number of hydrogen-bond acceptors (Lipinski definition) is 3. The Balaban J connectivity index is 1.52. The summed E-state index contributed by atoms with van der Waals surface area (Å²) >= 11 is 10.8. The Labute approximate surface area is 177 Å². The van der Waals surface area contributed by atoms with Gasteiger partial charge in [-0.05, 0) is 67.8 Å². The smallest absolute Gasteiger partial charge is 0.0795 e. The van der Waals surface area contributed by atoms with Crippen molar-refractivity contribution >= 4 is 35.1 Å². The molecule has 0 aromatic heterocycles. The predicted molar refractivity (Wildman–Crippen MR) is 119 cm³/mol. The van der Waals surface area contributed by atoms with Crippen molar-refractivity contribution in [3.05, 3.63) is 33.9 Å². The van der Waals surface area contributed by atoms with Crippen LogP contribution in [0.3, 0.4) is 0 Å². The van der Waals surface area contributed by atoms with Gasteiger partial charge in [-0.15, -0.1) is 23.5 Å². The van der Waals surface area contributed by atoms with Gasteiger partial charge in [0.2, 0.25) is 0 Å². The zero-order chi connectivity index (χ0) is 18.9. The van der Waals surface area contributed by atoms with E-state index in [0.717, 1.165) is 12.8 Å². The number of allylic oxidation sites excluding steroid dienone is 4. The number of hydrogen-bond donors (Lipinski definition) is 1. The molecule has 1 spiro atoms. The number of fused-ring (bicyclic) bond motifs is 5. The van der Waals surface area contributed by atoms with Gasteiger partial charge in [-0.1, -0.05) is 48.7 Å². The number of rotatable bonds is 1. The van der Waals surface area contributed by atoms with Crippen LogP contribution in [0.5, 0.6) is 0 Å². The Hall–Kier alpha value is 0.170. The molecule has 5 aliphatic rings. The minimum Gasteiger partial charge on any atom is -0.391 e. The van der Waals surface area contributed by atoms with Crippen molar-refractivity contribution in [1.29, 1.82) is 0 Å². The minimum atomic E-state index is 0.00243. The Morgan fingerprint density at radius 1 is 1.19 bits per heavy atom. The fourth-order valence-corrected chi connectivity index (χ4v) is 10.5. The molecule has 4 atom stereocenters. The number of thioether (sulfide) groups is 2. The van der Waals surface area contributed by atoms with Crippen molar-refractivity contribution in [3.63, 3.8) is 0 Å². The third-order valence-electron chi connectivity index (χ3n) is 8.52. The summed E-state index contributed by atoms with van der Waals surface area (Å²) in [5.74, 6) is 4.05. The van der Waals surface area contributed by atoms with Gasteiger partial charge in [0.1, 0.15) is 0 Å². The molecule has 1 nitrogen and oxygen atoms in total. The molecule has 0 radical (unpaired) electrons. The summed E-state index contributed by atoms with van der Waals surface area (Å²) in [6.45, 7) is 4.96. The molecular weight excluding hydrogens is 392 g/mol. The van der Waals surface area contributed by atoms with E-state index in [0.29, 0.717) is 26.4 Å². The lowest BCUT2D eigenvalue weighted by Crippen LogP contribution is -2.44. The molecule has 0 amide bonds. The van der Waals surface area contributed by atoms with Crippen LogP contribution >= 0.6 is 35.1 Å². The van der Waals surface area contributed by atoms with E-state index in [2.05, 4.69) is 49.5 Å². The maximum Gasteiger partial charge on any atom is 0.0795 e. The first-order chi connectivity index (χ1) is 12.9. The fourth-order valence-electron chi connectivity index (χ4n) is 7.04. The molecule has 0 aromatic carbocycles. The Kier molecular flexibility index (Phi) is 4.67. The zero-order valence-corrected chi connectivity index (χ0v) is 18.9. The van der Waals surface area contributed by atoms with Crippen LogP contribution in [0.25, 0.3) is 0 Å². The van der Waals surface area contributed by atoms with Gasteiger partial charge in [-0.25, -0.2) is 0 Å². The molecule has 1 saturated heterocycles. The van der Waals surface area contributed by atoms with E-state index < -0.39 is 0 Å². The van der Waals surface area contributed by atoms with Crippen LogP contribution in [0, 0.1) is 22.7 Å². The lowest BCUT2D eigenvalue weighted by molar-refractivity contribution is 0.141. The lowest BCUT2D eigenvalue weighted by Gasteiger charge is -2.54. The molecule has 4 heteroatoms. The van der Waals surface area contributed by atoms with E-state index in [-0.39, 0.29) is 12.0 Å². The molecule has 5 rings (SSSR count). The summed E-state index contributed by atoms with van der Waals surface area (Å²) < 4.78 is 0.392. The van der Waals surface area contributed by atoms with Gasteiger partial charge in [0.05, 0.1) is 10.7 Å². The molecule has 1 heterocycles. The quantitative estimate of drug-likeness (QED) is 0.485. The van der Waals surface area contributed by atoms with E-state index in [1.165, 1.54) is 49.2 Å². The minimum absolute atomic E-state index is 0.00243. The van der Waals surface area contributed by atoms with Gasteiger partial charge in [0.15, 0.2) is 0 Å². The van der Waals surface area contributed by atoms with Gasteiger partial charge in [0.25, 0.3) is 0 Å². The molecule has 4 aliphatic carbocycles. The van der Waals surface area contributed by atoms with E-state index in [1.54, 1.807) is 11.1 Å². The van der Waals surface area contributed by atoms with E-state index in [4.69, 9.17) is 11.6 Å². The van der Waals surface area contributed by atoms with Crippen molar-refractivity contribution in [3.8, 4) is 0 Å². The third kappa shape index (κ3) is 2.71. The first-order valence-electron chi connectivity index (χ1n) is 10.6. The monoisotopic (exact) mass is 422 g/mol. The molecular formula is C23H31ClOS2. The molecule has 1 N–H and O–H groups in total. The molecule has 3 fully saturated rings. The van der Waals surface area contributed by atoms with Gasteiger partial charge >= 0.3 is 0 Å². The Bertz CT molecular complexity index is 747. The Morgan fingerprint density at radius 2 is 1.96 bits per heavy atom. The number of aliphatic hydroxyl groups excluding tert-OH is 1. The summed E-state index contributed by atoms with van der Waals surface area (Å²) in [6.07, 6.45) is 14.0. The maximum atomic E-state index is 9.61. The van der Waals surface area contributed by atoms with Crippen molar-refractivity contribution < 1.29 is 5.11 Å². The van der Waals surface area contributed by atoms with Gasteiger partial charge < -0.3 is 5.11 Å². The zero-order valence-electron chi connectivity index (χ0n) is 16.5. The topological polar surface area (TPSA) is 20.2 Å². The second kappa shape index (κ2) is 6.59. The molecule has 2 saturated carbocycles. The summed E-state index contributed by atoms with van der Waals surface area (Å²) in [7, 11) is 0. The summed E-state index contributed by atoms with van der Waals surface area (Å²) in [4.78, 5) is 0. The summed E-state index contributed by atoms with van der Waals surface area (Å²) in [5.41, 5.74) is 5.31. The third-order valence-corrected chi connectivity index (χ3v) is 12.3. The van der Waals surface area contributed by atoms with Crippen molar-refractivity contribution in [1.82, 2.24) is 0 Å². The largest absolute Gasteiger partial charge is 0.391 e. The van der Waals surface area contributed by atoms with Crippen LogP contribution in [-0.4, -0.2) is 27.3 Å². The highest BCUT2D eigenvalue weighted by atomic mass is 35.5. The van der Waals surface area contributed by atoms with Crippen molar-refractivity contribution in [2.24, 2.45) is 22.7 Å². The fraction of sp³-hybridized carbons (Fsp3) is 0.739. The van der Waals surface area contributed by atoms with E-state index in [1.807, 2.05) is 0 Å². The molecule has 1 aliphatic heterocycles. The molecule has 27 heavy (non-hydrogen) atoms. The lowest BCUT2D eigenvalue weighted by atomic mass is 9.51. The van der Waals surface area contributed by atoms with Crippen LogP contribution in [0.2, 0.25) is 0 Å². The number of aliphatic hydroxyl groups is 1. The molecule has 0 aromatic rings. The van der Waals surface area contributed by atoms with Crippen LogP contribution < -0.4 is 0 Å². The predicted octanol–water partition coefficient (Wildman–Crippen LogP) is 6.53. The van der Waals surface area contributed by atoms with Crippen LogP contribution in [0.4, 0.5) is 0 Å². The second-order valence-corrected chi connectivity index (χ2v) is 13.2. The number of halogens is 1. The van der Waals surface area contributed by atoms with Gasteiger partial charge in [-0.3, -0.25) is 0 Å².